The minimum Gasteiger partial charge on any atom is -0.493 e. The molecule has 1 aromatic carbocycles. The molecule has 0 spiro atoms. The maximum absolute atomic E-state index is 12.2. The molecule has 2 rings (SSSR count). The van der Waals surface area contributed by atoms with Crippen LogP contribution in [-0.2, 0) is 16.4 Å². The molecule has 0 bridgehead atoms. The number of methoxy groups -OCH3 is 2. The van der Waals surface area contributed by atoms with Crippen LogP contribution in [0.5, 0.6) is 11.5 Å². The van der Waals surface area contributed by atoms with E-state index in [1.165, 1.54) is 32.7 Å². The molecule has 1 aromatic heterocycles. The fourth-order valence-electron chi connectivity index (χ4n) is 1.72. The molecule has 9 heteroatoms. The van der Waals surface area contributed by atoms with Gasteiger partial charge in [0.25, 0.3) is 0 Å². The lowest BCUT2D eigenvalue weighted by Gasteiger charge is -2.10. The summed E-state index contributed by atoms with van der Waals surface area (Å²) in [5.74, 6) is 1.44. The van der Waals surface area contributed by atoms with Gasteiger partial charge in [0.15, 0.2) is 11.5 Å². The molecule has 2 N–H and O–H groups in total. The number of rotatable bonds is 7. The molecule has 8 nitrogen and oxygen atoms in total. The van der Waals surface area contributed by atoms with E-state index in [1.54, 1.807) is 6.07 Å². The number of hydrogen-bond donors (Lipinski definition) is 2. The average molecular weight is 312 g/mol. The van der Waals surface area contributed by atoms with Crippen LogP contribution < -0.4 is 14.2 Å². The summed E-state index contributed by atoms with van der Waals surface area (Å²) in [6, 6.07) is 4.41. The van der Waals surface area contributed by atoms with Crippen molar-refractivity contribution < 1.29 is 17.9 Å². The van der Waals surface area contributed by atoms with E-state index < -0.39 is 10.0 Å². The largest absolute Gasteiger partial charge is 0.493 e. The van der Waals surface area contributed by atoms with Crippen LogP contribution in [0.4, 0.5) is 0 Å². The zero-order valence-electron chi connectivity index (χ0n) is 11.7. The van der Waals surface area contributed by atoms with Gasteiger partial charge in [-0.15, -0.1) is 0 Å². The highest BCUT2D eigenvalue weighted by atomic mass is 32.2. The summed E-state index contributed by atoms with van der Waals surface area (Å²) >= 11 is 0. The third-order valence-electron chi connectivity index (χ3n) is 2.78. The maximum Gasteiger partial charge on any atom is 0.240 e. The number of sulfonamides is 1. The Hall–Kier alpha value is -2.13. The van der Waals surface area contributed by atoms with Crippen molar-refractivity contribution in [2.24, 2.45) is 0 Å². The normalized spacial score (nSPS) is 11.3. The lowest BCUT2D eigenvalue weighted by Crippen LogP contribution is -2.26. The van der Waals surface area contributed by atoms with Gasteiger partial charge in [-0.3, -0.25) is 5.10 Å². The third kappa shape index (κ3) is 3.70. The molecule has 21 heavy (non-hydrogen) atoms. The van der Waals surface area contributed by atoms with Gasteiger partial charge in [-0.05, 0) is 12.1 Å². The van der Waals surface area contributed by atoms with Gasteiger partial charge < -0.3 is 9.47 Å². The minimum atomic E-state index is -3.62. The first-order valence-electron chi connectivity index (χ1n) is 6.13. The first-order valence-corrected chi connectivity index (χ1v) is 7.61. The number of ether oxygens (including phenoxy) is 2. The summed E-state index contributed by atoms with van der Waals surface area (Å²) < 4.78 is 37.0. The van der Waals surface area contributed by atoms with E-state index in [0.717, 1.165) is 0 Å². The molecule has 0 aliphatic carbocycles. The first kappa shape index (κ1) is 15.3. The predicted octanol–water partition coefficient (Wildman–Crippen LogP) is 0.343. The Bertz CT molecular complexity index is 685. The second-order valence-corrected chi connectivity index (χ2v) is 5.86. The Morgan fingerprint density at radius 3 is 2.62 bits per heavy atom. The third-order valence-corrected chi connectivity index (χ3v) is 4.24. The van der Waals surface area contributed by atoms with Gasteiger partial charge in [0, 0.05) is 19.0 Å². The Morgan fingerprint density at radius 1 is 1.24 bits per heavy atom. The fourth-order valence-corrected chi connectivity index (χ4v) is 2.77. The summed E-state index contributed by atoms with van der Waals surface area (Å²) in [6.07, 6.45) is 1.80. The zero-order valence-corrected chi connectivity index (χ0v) is 12.5. The zero-order chi connectivity index (χ0) is 15.3. The highest BCUT2D eigenvalue weighted by Crippen LogP contribution is 2.29. The number of nitrogens with zero attached hydrogens (tertiary/aromatic N) is 2. The van der Waals surface area contributed by atoms with Gasteiger partial charge in [-0.2, -0.15) is 5.10 Å². The number of H-pyrrole nitrogens is 1. The molecule has 1 heterocycles. The summed E-state index contributed by atoms with van der Waals surface area (Å²) in [4.78, 5) is 4.03. The van der Waals surface area contributed by atoms with E-state index >= 15 is 0 Å². The predicted molar refractivity (Wildman–Crippen MR) is 74.8 cm³/mol. The molecule has 0 aliphatic heterocycles. The number of aromatic nitrogens is 3. The van der Waals surface area contributed by atoms with E-state index in [0.29, 0.717) is 23.7 Å². The molecular weight excluding hydrogens is 296 g/mol. The van der Waals surface area contributed by atoms with Crippen molar-refractivity contribution in [1.82, 2.24) is 19.9 Å². The molecular formula is C12H16N4O4S. The van der Waals surface area contributed by atoms with Crippen LogP contribution in [0.2, 0.25) is 0 Å². The monoisotopic (exact) mass is 312 g/mol. The van der Waals surface area contributed by atoms with Crippen LogP contribution in [0.15, 0.2) is 29.4 Å². The van der Waals surface area contributed by atoms with Crippen molar-refractivity contribution in [3.8, 4) is 11.5 Å². The molecule has 0 saturated heterocycles. The van der Waals surface area contributed by atoms with Crippen molar-refractivity contribution in [1.29, 1.82) is 0 Å². The number of hydrogen-bond acceptors (Lipinski definition) is 6. The number of aromatic amines is 1. The van der Waals surface area contributed by atoms with E-state index in [9.17, 15) is 8.42 Å². The van der Waals surface area contributed by atoms with Crippen molar-refractivity contribution in [3.05, 3.63) is 30.4 Å². The molecule has 0 saturated carbocycles. The Kier molecular flexibility index (Phi) is 4.76. The minimum absolute atomic E-state index is 0.109. The van der Waals surface area contributed by atoms with Gasteiger partial charge in [-0.25, -0.2) is 18.1 Å². The van der Waals surface area contributed by atoms with Crippen molar-refractivity contribution >= 4 is 10.0 Å². The van der Waals surface area contributed by atoms with Gasteiger partial charge in [-0.1, -0.05) is 0 Å². The quantitative estimate of drug-likeness (QED) is 0.764. The van der Waals surface area contributed by atoms with E-state index in [-0.39, 0.29) is 11.4 Å². The molecule has 114 valence electrons. The van der Waals surface area contributed by atoms with Crippen LogP contribution in [0.1, 0.15) is 5.82 Å². The van der Waals surface area contributed by atoms with E-state index in [2.05, 4.69) is 19.9 Å². The van der Waals surface area contributed by atoms with Gasteiger partial charge in [0.2, 0.25) is 10.0 Å². The van der Waals surface area contributed by atoms with E-state index in [4.69, 9.17) is 9.47 Å². The first-order chi connectivity index (χ1) is 10.1. The topological polar surface area (TPSA) is 106 Å². The smallest absolute Gasteiger partial charge is 0.240 e. The highest BCUT2D eigenvalue weighted by Gasteiger charge is 2.16. The van der Waals surface area contributed by atoms with Gasteiger partial charge in [0.1, 0.15) is 12.2 Å². The maximum atomic E-state index is 12.2. The molecule has 0 fully saturated rings. The Morgan fingerprint density at radius 2 is 2.00 bits per heavy atom. The number of benzene rings is 1. The highest BCUT2D eigenvalue weighted by molar-refractivity contribution is 7.89. The average Bonchev–Trinajstić information content (AvgIpc) is 2.99. The lowest BCUT2D eigenvalue weighted by molar-refractivity contribution is 0.354. The second-order valence-electron chi connectivity index (χ2n) is 4.10. The summed E-state index contributed by atoms with van der Waals surface area (Å²) in [5, 5.41) is 6.36. The van der Waals surface area contributed by atoms with Crippen molar-refractivity contribution in [3.63, 3.8) is 0 Å². The van der Waals surface area contributed by atoms with E-state index in [1.807, 2.05) is 0 Å². The van der Waals surface area contributed by atoms with Crippen LogP contribution in [-0.4, -0.2) is 44.4 Å². The Labute approximate surface area is 122 Å². The summed E-state index contributed by atoms with van der Waals surface area (Å²) in [6.45, 7) is 0.214. The summed E-state index contributed by atoms with van der Waals surface area (Å²) in [5.41, 5.74) is 0. The van der Waals surface area contributed by atoms with Crippen LogP contribution in [0, 0.1) is 0 Å². The van der Waals surface area contributed by atoms with Gasteiger partial charge in [0.05, 0.1) is 19.1 Å². The van der Waals surface area contributed by atoms with Crippen molar-refractivity contribution in [2.45, 2.75) is 11.3 Å². The molecule has 0 unspecified atom stereocenters. The molecule has 0 amide bonds. The molecule has 0 atom stereocenters. The molecule has 0 radical (unpaired) electrons. The van der Waals surface area contributed by atoms with Crippen LogP contribution in [0.25, 0.3) is 0 Å². The standard InChI is InChI=1S/C12H16N4O4S/c1-19-10-4-3-9(7-11(10)20-2)21(17,18)15-6-5-12-13-8-14-16-12/h3-4,7-8,15H,5-6H2,1-2H3,(H,13,14,16). The van der Waals surface area contributed by atoms with Crippen molar-refractivity contribution in [2.75, 3.05) is 20.8 Å². The molecule has 0 aliphatic rings. The van der Waals surface area contributed by atoms with Crippen LogP contribution in [0.3, 0.4) is 0 Å². The second kappa shape index (κ2) is 6.55. The SMILES string of the molecule is COc1ccc(S(=O)(=O)NCCc2ncn[nH]2)cc1OC. The fraction of sp³-hybridized carbons (Fsp3) is 0.333. The Balaban J connectivity index is 2.08. The van der Waals surface area contributed by atoms with Gasteiger partial charge >= 0.3 is 0 Å². The summed E-state index contributed by atoms with van der Waals surface area (Å²) in [7, 11) is -0.681. The lowest BCUT2D eigenvalue weighted by atomic mass is 10.3. The van der Waals surface area contributed by atoms with Crippen LogP contribution >= 0.6 is 0 Å². The molecule has 2 aromatic rings. The number of nitrogens with one attached hydrogen (secondary N) is 2.